The molecule has 0 radical (unpaired) electrons. The zero-order valence-electron chi connectivity index (χ0n) is 24.9. The van der Waals surface area contributed by atoms with Gasteiger partial charge in [0.15, 0.2) is 5.82 Å². The van der Waals surface area contributed by atoms with Crippen molar-refractivity contribution in [3.05, 3.63) is 54.4 Å². The number of carbonyl (C=O) groups excluding carboxylic acids is 1. The molecule has 3 aliphatic rings. The van der Waals surface area contributed by atoms with E-state index in [1.54, 1.807) is 12.5 Å². The first kappa shape index (κ1) is 27.8. The third kappa shape index (κ3) is 4.56. The molecule has 0 bridgehead atoms. The molecule has 1 aliphatic carbocycles. The Morgan fingerprint density at radius 2 is 1.79 bits per heavy atom. The highest BCUT2D eigenvalue weighted by Crippen LogP contribution is 2.47. The number of aromatic nitrogens is 5. The molecule has 1 saturated heterocycles. The summed E-state index contributed by atoms with van der Waals surface area (Å²) in [5.41, 5.74) is 3.37. The number of fused-ring (bicyclic) bond motifs is 2. The van der Waals surface area contributed by atoms with Gasteiger partial charge in [0.2, 0.25) is 11.7 Å². The summed E-state index contributed by atoms with van der Waals surface area (Å²) in [6.45, 7) is 10.2. The number of hydrogen-bond acceptors (Lipinski definition) is 7. The van der Waals surface area contributed by atoms with Gasteiger partial charge < -0.3 is 19.7 Å². The summed E-state index contributed by atoms with van der Waals surface area (Å²) in [5.74, 6) is -1.87. The first-order valence-electron chi connectivity index (χ1n) is 15.2. The Hall–Kier alpha value is -3.99. The molecule has 11 heteroatoms. The molecule has 0 atom stereocenters. The minimum atomic E-state index is -1.19. The zero-order valence-corrected chi connectivity index (χ0v) is 24.9. The number of halogens is 2. The predicted molar refractivity (Wildman–Crippen MR) is 161 cm³/mol. The summed E-state index contributed by atoms with van der Waals surface area (Å²) in [4.78, 5) is 36.0. The van der Waals surface area contributed by atoms with E-state index in [-0.39, 0.29) is 23.7 Å². The van der Waals surface area contributed by atoms with Crippen LogP contribution >= 0.6 is 0 Å². The Morgan fingerprint density at radius 3 is 2.53 bits per heavy atom. The van der Waals surface area contributed by atoms with E-state index >= 15 is 0 Å². The molecule has 7 rings (SSSR count). The van der Waals surface area contributed by atoms with Crippen LogP contribution in [0.5, 0.6) is 0 Å². The minimum Gasteiger partial charge on any atom is -0.336 e. The number of piperidine rings is 1. The van der Waals surface area contributed by atoms with Crippen LogP contribution in [0, 0.1) is 11.8 Å². The van der Waals surface area contributed by atoms with Gasteiger partial charge in [-0.2, -0.15) is 8.78 Å². The maximum absolute atomic E-state index is 14.7. The highest BCUT2D eigenvalue weighted by molar-refractivity contribution is 6.08. The number of pyridine rings is 3. The number of anilines is 3. The summed E-state index contributed by atoms with van der Waals surface area (Å²) >= 11 is 0. The zero-order chi connectivity index (χ0) is 30.0. The lowest BCUT2D eigenvalue weighted by molar-refractivity contribution is -0.123. The Morgan fingerprint density at radius 1 is 1.02 bits per heavy atom. The van der Waals surface area contributed by atoms with E-state index in [9.17, 15) is 13.6 Å². The van der Waals surface area contributed by atoms with Crippen LogP contribution in [0.15, 0.2) is 36.9 Å². The van der Waals surface area contributed by atoms with Crippen molar-refractivity contribution in [2.24, 2.45) is 0 Å². The summed E-state index contributed by atoms with van der Waals surface area (Å²) < 4.78 is 30.6. The van der Waals surface area contributed by atoms with Gasteiger partial charge in [-0.1, -0.05) is 6.42 Å². The molecular formula is C32H36F2N8O. The first-order valence-corrected chi connectivity index (χ1v) is 15.2. The lowest BCUT2D eigenvalue weighted by Crippen LogP contribution is -2.57. The van der Waals surface area contributed by atoms with E-state index in [1.165, 1.54) is 31.5 Å². The molecule has 0 aromatic carbocycles. The van der Waals surface area contributed by atoms with Crippen LogP contribution < -0.4 is 10.2 Å². The van der Waals surface area contributed by atoms with E-state index in [0.29, 0.717) is 34.2 Å². The molecule has 1 amide bonds. The largest absolute Gasteiger partial charge is 0.336 e. The Labute approximate surface area is 249 Å². The van der Waals surface area contributed by atoms with Crippen molar-refractivity contribution in [3.63, 3.8) is 0 Å². The lowest BCUT2D eigenvalue weighted by Gasteiger charge is -2.47. The fourth-order valence-corrected chi connectivity index (χ4v) is 6.81. The van der Waals surface area contributed by atoms with Crippen LogP contribution in [0.4, 0.5) is 26.0 Å². The number of carbonyl (C=O) groups is 1. The van der Waals surface area contributed by atoms with Crippen LogP contribution in [0.3, 0.4) is 0 Å². The molecule has 4 aromatic rings. The SMILES string of the molecule is CC(C)n1cnc2cc(-c3cnc4c(c3)N(C3CC(N5CCCCC5)C3)C(=O)C4(C)C)nc(Nc3ccnc(F)c3F)c21. The highest BCUT2D eigenvalue weighted by Gasteiger charge is 2.51. The number of likely N-dealkylation sites (tertiary alicyclic amines) is 1. The molecule has 6 heterocycles. The number of nitrogens with one attached hydrogen (secondary N) is 1. The van der Waals surface area contributed by atoms with Crippen molar-refractivity contribution in [2.75, 3.05) is 23.3 Å². The third-order valence-electron chi connectivity index (χ3n) is 9.34. The normalized spacial score (nSPS) is 21.8. The van der Waals surface area contributed by atoms with Gasteiger partial charge in [-0.15, -0.1) is 0 Å². The molecule has 1 saturated carbocycles. The van der Waals surface area contributed by atoms with Gasteiger partial charge in [0.1, 0.15) is 5.52 Å². The number of rotatable bonds is 6. The Bertz CT molecular complexity index is 1720. The first-order chi connectivity index (χ1) is 20.6. The van der Waals surface area contributed by atoms with Crippen molar-refractivity contribution in [1.82, 2.24) is 29.4 Å². The molecule has 4 aromatic heterocycles. The number of hydrogen-bond donors (Lipinski definition) is 1. The molecule has 0 unspecified atom stereocenters. The summed E-state index contributed by atoms with van der Waals surface area (Å²) in [6.07, 6.45) is 10.4. The van der Waals surface area contributed by atoms with Crippen molar-refractivity contribution in [1.29, 1.82) is 0 Å². The molecule has 0 spiro atoms. The predicted octanol–water partition coefficient (Wildman–Crippen LogP) is 6.13. The fraction of sp³-hybridized carbons (Fsp3) is 0.469. The monoisotopic (exact) mass is 586 g/mol. The minimum absolute atomic E-state index is 0.0527. The van der Waals surface area contributed by atoms with Gasteiger partial charge in [0.05, 0.1) is 40.0 Å². The quantitative estimate of drug-likeness (QED) is 0.272. The van der Waals surface area contributed by atoms with Crippen LogP contribution in [-0.2, 0) is 10.2 Å². The maximum atomic E-state index is 14.7. The fourth-order valence-electron chi connectivity index (χ4n) is 6.81. The van der Waals surface area contributed by atoms with E-state index in [1.807, 2.05) is 49.3 Å². The van der Waals surface area contributed by atoms with E-state index in [2.05, 4.69) is 20.2 Å². The summed E-state index contributed by atoms with van der Waals surface area (Å²) in [5, 5.41) is 2.98. The van der Waals surface area contributed by atoms with Crippen molar-refractivity contribution >= 4 is 34.1 Å². The van der Waals surface area contributed by atoms with Crippen LogP contribution in [0.25, 0.3) is 22.3 Å². The second kappa shape index (κ2) is 10.3. The average Bonchev–Trinajstić information content (AvgIpc) is 3.49. The highest BCUT2D eigenvalue weighted by atomic mass is 19.2. The number of nitrogens with zero attached hydrogens (tertiary/aromatic N) is 7. The van der Waals surface area contributed by atoms with Crippen LogP contribution in [0.2, 0.25) is 0 Å². The van der Waals surface area contributed by atoms with Gasteiger partial charge in [0, 0.05) is 36.1 Å². The second-order valence-corrected chi connectivity index (χ2v) is 12.8. The van der Waals surface area contributed by atoms with Gasteiger partial charge in [-0.05, 0) is 84.7 Å². The molecule has 9 nitrogen and oxygen atoms in total. The maximum Gasteiger partial charge on any atom is 0.251 e. The third-order valence-corrected chi connectivity index (χ3v) is 9.34. The van der Waals surface area contributed by atoms with E-state index < -0.39 is 17.2 Å². The molecular weight excluding hydrogens is 550 g/mol. The Kier molecular flexibility index (Phi) is 6.68. The molecule has 1 N–H and O–H groups in total. The standard InChI is InChI=1S/C32H36F2N8O/c1-18(2)41-17-37-24-15-23(39-30(27(24)41)38-22-8-9-35-29(34)26(22)33)19-12-25-28(36-16-19)32(3,4)31(43)42(25)21-13-20(14-21)40-10-6-5-7-11-40/h8-9,12,15-18,20-21H,5-7,10-11,13-14H2,1-4H3,(H,35,38,39). The Balaban J connectivity index is 1.27. The van der Waals surface area contributed by atoms with Crippen LogP contribution in [0.1, 0.15) is 71.5 Å². The number of imidazole rings is 1. The lowest BCUT2D eigenvalue weighted by atomic mass is 9.83. The van der Waals surface area contributed by atoms with Gasteiger partial charge in [-0.25, -0.2) is 15.0 Å². The van der Waals surface area contributed by atoms with E-state index in [4.69, 9.17) is 9.97 Å². The average molecular weight is 587 g/mol. The second-order valence-electron chi connectivity index (χ2n) is 12.8. The van der Waals surface area contributed by atoms with Gasteiger partial charge >= 0.3 is 0 Å². The smallest absolute Gasteiger partial charge is 0.251 e. The van der Waals surface area contributed by atoms with Crippen molar-refractivity contribution in [3.8, 4) is 11.3 Å². The van der Waals surface area contributed by atoms with Crippen molar-refractivity contribution < 1.29 is 13.6 Å². The summed E-state index contributed by atoms with van der Waals surface area (Å²) in [6, 6.07) is 5.94. The topological polar surface area (TPSA) is 92.1 Å². The molecule has 2 fully saturated rings. The van der Waals surface area contributed by atoms with E-state index in [0.717, 1.165) is 37.3 Å². The van der Waals surface area contributed by atoms with Gasteiger partial charge in [-0.3, -0.25) is 9.78 Å². The van der Waals surface area contributed by atoms with Gasteiger partial charge in [0.25, 0.3) is 5.95 Å². The molecule has 224 valence electrons. The number of amides is 1. The summed E-state index contributed by atoms with van der Waals surface area (Å²) in [7, 11) is 0. The van der Waals surface area contributed by atoms with Crippen molar-refractivity contribution in [2.45, 2.75) is 83.3 Å². The molecule has 43 heavy (non-hydrogen) atoms. The van der Waals surface area contributed by atoms with Crippen LogP contribution in [-0.4, -0.2) is 60.5 Å². The molecule has 2 aliphatic heterocycles.